The van der Waals surface area contributed by atoms with Gasteiger partial charge in [0.2, 0.25) is 0 Å². The second-order valence-electron chi connectivity index (χ2n) is 5.29. The van der Waals surface area contributed by atoms with Gasteiger partial charge in [0.15, 0.2) is 5.96 Å². The van der Waals surface area contributed by atoms with Crippen LogP contribution in [0.4, 0.5) is 0 Å². The van der Waals surface area contributed by atoms with Gasteiger partial charge in [-0.05, 0) is 19.9 Å². The van der Waals surface area contributed by atoms with Gasteiger partial charge in [-0.2, -0.15) is 0 Å². The van der Waals surface area contributed by atoms with Gasteiger partial charge >= 0.3 is 0 Å². The molecule has 120 valence electrons. The zero-order valence-corrected chi connectivity index (χ0v) is 14.3. The fourth-order valence-corrected chi connectivity index (χ4v) is 3.15. The Morgan fingerprint density at radius 1 is 1.22 bits per heavy atom. The molecule has 1 aromatic carbocycles. The van der Waals surface area contributed by atoms with Crippen molar-refractivity contribution < 1.29 is 4.42 Å². The largest absolute Gasteiger partial charge is 0.459 e. The number of hydrogen-bond donors (Lipinski definition) is 2. The van der Waals surface area contributed by atoms with Crippen LogP contribution in [-0.2, 0) is 13.1 Å². The molecule has 2 heterocycles. The molecule has 0 bridgehead atoms. The van der Waals surface area contributed by atoms with Crippen molar-refractivity contribution in [3.63, 3.8) is 0 Å². The van der Waals surface area contributed by atoms with Crippen LogP contribution < -0.4 is 10.6 Å². The highest BCUT2D eigenvalue weighted by atomic mass is 32.1. The van der Waals surface area contributed by atoms with Gasteiger partial charge in [-0.3, -0.25) is 4.99 Å². The number of nitrogens with one attached hydrogen (secondary N) is 2. The lowest BCUT2D eigenvalue weighted by Gasteiger charge is -2.10. The molecule has 5 nitrogen and oxygen atoms in total. The SMILES string of the molecule is CN=C(NCc1ncc(C)s1)NCc1oc2ccccc2c1C. The van der Waals surface area contributed by atoms with Gasteiger partial charge in [-0.1, -0.05) is 18.2 Å². The van der Waals surface area contributed by atoms with E-state index in [1.807, 2.05) is 24.4 Å². The summed E-state index contributed by atoms with van der Waals surface area (Å²) < 4.78 is 5.90. The van der Waals surface area contributed by atoms with Crippen LogP contribution in [0.3, 0.4) is 0 Å². The Hall–Kier alpha value is -2.34. The van der Waals surface area contributed by atoms with E-state index >= 15 is 0 Å². The monoisotopic (exact) mass is 328 g/mol. The van der Waals surface area contributed by atoms with Gasteiger partial charge in [0.1, 0.15) is 16.4 Å². The first-order chi connectivity index (χ1) is 11.2. The van der Waals surface area contributed by atoms with Crippen molar-refractivity contribution in [1.29, 1.82) is 0 Å². The van der Waals surface area contributed by atoms with Crippen LogP contribution in [0, 0.1) is 13.8 Å². The van der Waals surface area contributed by atoms with Crippen molar-refractivity contribution in [2.45, 2.75) is 26.9 Å². The summed E-state index contributed by atoms with van der Waals surface area (Å²) >= 11 is 1.69. The lowest BCUT2D eigenvalue weighted by atomic mass is 10.1. The quantitative estimate of drug-likeness (QED) is 0.569. The third-order valence-corrected chi connectivity index (χ3v) is 4.57. The van der Waals surface area contributed by atoms with E-state index in [4.69, 9.17) is 4.42 Å². The normalized spacial score (nSPS) is 11.9. The second kappa shape index (κ2) is 6.83. The molecule has 0 radical (unpaired) electrons. The number of aromatic nitrogens is 1. The highest BCUT2D eigenvalue weighted by molar-refractivity contribution is 7.11. The van der Waals surface area contributed by atoms with Gasteiger partial charge in [0, 0.05) is 29.1 Å². The van der Waals surface area contributed by atoms with E-state index in [2.05, 4.69) is 40.5 Å². The van der Waals surface area contributed by atoms with Crippen molar-refractivity contribution in [2.75, 3.05) is 7.05 Å². The lowest BCUT2D eigenvalue weighted by Crippen LogP contribution is -2.36. The van der Waals surface area contributed by atoms with Crippen LogP contribution >= 0.6 is 11.3 Å². The van der Waals surface area contributed by atoms with E-state index in [-0.39, 0.29) is 0 Å². The van der Waals surface area contributed by atoms with Crippen LogP contribution in [-0.4, -0.2) is 18.0 Å². The number of rotatable bonds is 4. The molecule has 0 aliphatic carbocycles. The summed E-state index contributed by atoms with van der Waals surface area (Å²) in [4.78, 5) is 9.79. The molecule has 3 aromatic rings. The Bertz CT molecular complexity index is 834. The predicted molar refractivity (Wildman–Crippen MR) is 94.8 cm³/mol. The van der Waals surface area contributed by atoms with Crippen LogP contribution in [0.25, 0.3) is 11.0 Å². The Kier molecular flexibility index (Phi) is 4.62. The van der Waals surface area contributed by atoms with E-state index < -0.39 is 0 Å². The Labute approximate surface area is 139 Å². The molecule has 3 rings (SSSR count). The molecule has 0 spiro atoms. The fraction of sp³-hybridized carbons (Fsp3) is 0.294. The minimum Gasteiger partial charge on any atom is -0.459 e. The van der Waals surface area contributed by atoms with Gasteiger partial charge in [0.05, 0.1) is 13.1 Å². The summed E-state index contributed by atoms with van der Waals surface area (Å²) in [6.45, 7) is 5.39. The number of furan rings is 1. The van der Waals surface area contributed by atoms with Gasteiger partial charge in [-0.15, -0.1) is 11.3 Å². The minimum atomic E-state index is 0.594. The Morgan fingerprint density at radius 2 is 2.00 bits per heavy atom. The molecule has 2 aromatic heterocycles. The molecule has 0 unspecified atom stereocenters. The van der Waals surface area contributed by atoms with Gasteiger partial charge in [-0.25, -0.2) is 4.98 Å². The first-order valence-corrected chi connectivity index (χ1v) is 8.32. The second-order valence-corrected chi connectivity index (χ2v) is 6.61. The van der Waals surface area contributed by atoms with Crippen LogP contribution in [0.1, 0.15) is 21.2 Å². The number of guanidine groups is 1. The van der Waals surface area contributed by atoms with Crippen LogP contribution in [0.2, 0.25) is 0 Å². The van der Waals surface area contributed by atoms with E-state index in [0.717, 1.165) is 27.7 Å². The van der Waals surface area contributed by atoms with Crippen molar-refractivity contribution in [1.82, 2.24) is 15.6 Å². The average molecular weight is 328 g/mol. The lowest BCUT2D eigenvalue weighted by molar-refractivity contribution is 0.534. The van der Waals surface area contributed by atoms with Crippen LogP contribution in [0.15, 0.2) is 39.9 Å². The molecule has 0 aliphatic heterocycles. The van der Waals surface area contributed by atoms with E-state index in [9.17, 15) is 0 Å². The molecule has 0 saturated carbocycles. The summed E-state index contributed by atoms with van der Waals surface area (Å²) in [6.07, 6.45) is 1.88. The number of nitrogens with zero attached hydrogens (tertiary/aromatic N) is 2. The highest BCUT2D eigenvalue weighted by Crippen LogP contribution is 2.24. The molecule has 0 aliphatic rings. The summed E-state index contributed by atoms with van der Waals surface area (Å²) in [5.74, 6) is 1.66. The molecular weight excluding hydrogens is 308 g/mol. The molecule has 0 saturated heterocycles. The standard InChI is InChI=1S/C17H20N4OS/c1-11-8-19-16(23-11)10-21-17(18-3)20-9-15-12(2)13-6-4-5-7-14(13)22-15/h4-8H,9-10H2,1-3H3,(H2,18,20,21). The summed E-state index contributed by atoms with van der Waals surface area (Å²) in [5, 5.41) is 8.76. The van der Waals surface area contributed by atoms with E-state index in [1.54, 1.807) is 18.4 Å². The number of hydrogen-bond acceptors (Lipinski definition) is 4. The number of fused-ring (bicyclic) bond motifs is 1. The van der Waals surface area contributed by atoms with Crippen molar-refractivity contribution in [3.8, 4) is 0 Å². The van der Waals surface area contributed by atoms with Crippen LogP contribution in [0.5, 0.6) is 0 Å². The summed E-state index contributed by atoms with van der Waals surface area (Å²) in [6, 6.07) is 8.08. The van der Waals surface area contributed by atoms with Crippen molar-refractivity contribution >= 4 is 28.3 Å². The van der Waals surface area contributed by atoms with Crippen molar-refractivity contribution in [3.05, 3.63) is 51.7 Å². The fourth-order valence-electron chi connectivity index (χ4n) is 2.42. The number of aliphatic imine (C=N–C) groups is 1. The molecule has 0 amide bonds. The Balaban J connectivity index is 1.62. The molecule has 2 N–H and O–H groups in total. The minimum absolute atomic E-state index is 0.594. The van der Waals surface area contributed by atoms with Gasteiger partial charge < -0.3 is 15.1 Å². The number of para-hydroxylation sites is 1. The van der Waals surface area contributed by atoms with Gasteiger partial charge in [0.25, 0.3) is 0 Å². The summed E-state index contributed by atoms with van der Waals surface area (Å²) in [7, 11) is 1.76. The Morgan fingerprint density at radius 3 is 2.70 bits per heavy atom. The maximum atomic E-state index is 5.90. The third kappa shape index (κ3) is 3.53. The van der Waals surface area contributed by atoms with E-state index in [1.165, 1.54) is 10.4 Å². The summed E-state index contributed by atoms with van der Waals surface area (Å²) in [5.41, 5.74) is 2.09. The first-order valence-electron chi connectivity index (χ1n) is 7.50. The zero-order chi connectivity index (χ0) is 16.2. The molecule has 0 atom stereocenters. The molecule has 6 heteroatoms. The highest BCUT2D eigenvalue weighted by Gasteiger charge is 2.10. The number of thiazole rings is 1. The number of benzene rings is 1. The zero-order valence-electron chi connectivity index (χ0n) is 13.5. The topological polar surface area (TPSA) is 62.5 Å². The van der Waals surface area contributed by atoms with E-state index in [0.29, 0.717) is 13.1 Å². The number of aryl methyl sites for hydroxylation is 2. The maximum Gasteiger partial charge on any atom is 0.191 e. The average Bonchev–Trinajstić information content (AvgIpc) is 3.12. The smallest absolute Gasteiger partial charge is 0.191 e. The maximum absolute atomic E-state index is 5.90. The predicted octanol–water partition coefficient (Wildman–Crippen LogP) is 3.37. The molecule has 23 heavy (non-hydrogen) atoms. The van der Waals surface area contributed by atoms with Crippen molar-refractivity contribution in [2.24, 2.45) is 4.99 Å². The molecular formula is C17H20N4OS. The molecule has 0 fully saturated rings. The third-order valence-electron chi connectivity index (χ3n) is 3.66. The first kappa shape index (κ1) is 15.6.